The zero-order valence-electron chi connectivity index (χ0n) is 14.0. The smallest absolute Gasteiger partial charge is 0.306 e. The van der Waals surface area contributed by atoms with Gasteiger partial charge in [-0.25, -0.2) is 0 Å². The number of carbonyl (C=O) groups excluding carboxylic acids is 2. The summed E-state index contributed by atoms with van der Waals surface area (Å²) < 4.78 is 0. The van der Waals surface area contributed by atoms with E-state index in [1.165, 1.54) is 0 Å². The number of fused-ring (bicyclic) bond motifs is 1. The fraction of sp³-hybridized carbons (Fsp3) is 0.389. The van der Waals surface area contributed by atoms with Crippen LogP contribution in [0.5, 0.6) is 0 Å². The Kier molecular flexibility index (Phi) is 4.74. The molecule has 2 amide bonds. The summed E-state index contributed by atoms with van der Waals surface area (Å²) >= 11 is 0. The maximum Gasteiger partial charge on any atom is 0.306 e. The number of carboxylic acids is 1. The molecule has 1 aliphatic heterocycles. The largest absolute Gasteiger partial charge is 0.481 e. The van der Waals surface area contributed by atoms with Crippen LogP contribution in [0.3, 0.4) is 0 Å². The van der Waals surface area contributed by atoms with Crippen molar-refractivity contribution in [2.24, 2.45) is 11.8 Å². The van der Waals surface area contributed by atoms with Crippen molar-refractivity contribution >= 4 is 28.7 Å². The number of aromatic amines is 1. The monoisotopic (exact) mass is 343 g/mol. The molecule has 2 heterocycles. The molecule has 3 rings (SSSR count). The lowest BCUT2D eigenvalue weighted by Gasteiger charge is -2.35. The SMILES string of the molecule is CC1CN(C(=O)CNC(=O)c2cc3ccccc3[nH]2)CCC1C(=O)O. The summed E-state index contributed by atoms with van der Waals surface area (Å²) in [5.74, 6) is -1.85. The first-order valence-electron chi connectivity index (χ1n) is 8.32. The normalized spacial score (nSPS) is 20.4. The molecule has 0 saturated carbocycles. The van der Waals surface area contributed by atoms with E-state index < -0.39 is 11.9 Å². The van der Waals surface area contributed by atoms with Gasteiger partial charge in [-0.3, -0.25) is 14.4 Å². The van der Waals surface area contributed by atoms with E-state index >= 15 is 0 Å². The second kappa shape index (κ2) is 6.96. The van der Waals surface area contributed by atoms with E-state index in [4.69, 9.17) is 5.11 Å². The topological polar surface area (TPSA) is 103 Å². The van der Waals surface area contributed by atoms with Crippen molar-refractivity contribution in [1.82, 2.24) is 15.2 Å². The van der Waals surface area contributed by atoms with Crippen molar-refractivity contribution in [1.29, 1.82) is 0 Å². The second-order valence-corrected chi connectivity index (χ2v) is 6.50. The number of amides is 2. The van der Waals surface area contributed by atoms with Gasteiger partial charge < -0.3 is 20.3 Å². The van der Waals surface area contributed by atoms with Crippen LogP contribution in [0.4, 0.5) is 0 Å². The van der Waals surface area contributed by atoms with Crippen molar-refractivity contribution < 1.29 is 19.5 Å². The molecule has 1 aromatic heterocycles. The first kappa shape index (κ1) is 17.0. The third-order valence-electron chi connectivity index (χ3n) is 4.75. The number of nitrogens with zero attached hydrogens (tertiary/aromatic N) is 1. The molecule has 2 aromatic rings. The fourth-order valence-corrected chi connectivity index (χ4v) is 3.30. The molecule has 0 spiro atoms. The first-order valence-corrected chi connectivity index (χ1v) is 8.32. The summed E-state index contributed by atoms with van der Waals surface area (Å²) in [6.07, 6.45) is 0.443. The van der Waals surface area contributed by atoms with Crippen LogP contribution in [-0.2, 0) is 9.59 Å². The molecule has 0 aliphatic carbocycles. The van der Waals surface area contributed by atoms with Crippen LogP contribution in [0.1, 0.15) is 23.8 Å². The zero-order valence-corrected chi connectivity index (χ0v) is 14.0. The number of rotatable bonds is 4. The number of carbonyl (C=O) groups is 3. The molecule has 1 saturated heterocycles. The zero-order chi connectivity index (χ0) is 18.0. The summed E-state index contributed by atoms with van der Waals surface area (Å²) in [5, 5.41) is 12.7. The minimum atomic E-state index is -0.813. The quantitative estimate of drug-likeness (QED) is 0.782. The van der Waals surface area contributed by atoms with E-state index in [0.717, 1.165) is 10.9 Å². The minimum Gasteiger partial charge on any atom is -0.481 e. The van der Waals surface area contributed by atoms with Crippen LogP contribution in [0, 0.1) is 11.8 Å². The van der Waals surface area contributed by atoms with Crippen LogP contribution in [0.15, 0.2) is 30.3 Å². The highest BCUT2D eigenvalue weighted by Crippen LogP contribution is 2.23. The molecular weight excluding hydrogens is 322 g/mol. The molecule has 1 aliphatic rings. The van der Waals surface area contributed by atoms with Crippen LogP contribution in [-0.4, -0.2) is 52.4 Å². The van der Waals surface area contributed by atoms with E-state index in [0.29, 0.717) is 25.2 Å². The lowest BCUT2D eigenvalue weighted by Crippen LogP contribution is -2.48. The number of H-pyrrole nitrogens is 1. The Hall–Kier alpha value is -2.83. The van der Waals surface area contributed by atoms with Crippen molar-refractivity contribution in [2.75, 3.05) is 19.6 Å². The molecule has 1 aromatic carbocycles. The van der Waals surface area contributed by atoms with Gasteiger partial charge in [0, 0.05) is 24.0 Å². The predicted molar refractivity (Wildman–Crippen MR) is 92.1 cm³/mol. The van der Waals surface area contributed by atoms with Gasteiger partial charge in [-0.2, -0.15) is 0 Å². The number of hydrogen-bond acceptors (Lipinski definition) is 3. The molecular formula is C18H21N3O4. The van der Waals surface area contributed by atoms with Crippen molar-refractivity contribution in [3.63, 3.8) is 0 Å². The number of aromatic nitrogens is 1. The standard InChI is InChI=1S/C18H21N3O4/c1-11-10-21(7-6-13(11)18(24)25)16(22)9-19-17(23)15-8-12-4-2-3-5-14(12)20-15/h2-5,8,11,13,20H,6-7,9-10H2,1H3,(H,19,23)(H,24,25). The van der Waals surface area contributed by atoms with Gasteiger partial charge in [0.25, 0.3) is 5.91 Å². The summed E-state index contributed by atoms with van der Waals surface area (Å²) in [6, 6.07) is 9.30. The van der Waals surface area contributed by atoms with Gasteiger partial charge in [0.1, 0.15) is 5.69 Å². The summed E-state index contributed by atoms with van der Waals surface area (Å²) in [6.45, 7) is 2.54. The third-order valence-corrected chi connectivity index (χ3v) is 4.75. The molecule has 7 nitrogen and oxygen atoms in total. The van der Waals surface area contributed by atoms with E-state index in [2.05, 4.69) is 10.3 Å². The highest BCUT2D eigenvalue weighted by Gasteiger charge is 2.32. The van der Waals surface area contributed by atoms with Crippen molar-refractivity contribution in [2.45, 2.75) is 13.3 Å². The van der Waals surface area contributed by atoms with E-state index in [1.807, 2.05) is 31.2 Å². The Bertz CT molecular complexity index is 781. The van der Waals surface area contributed by atoms with Gasteiger partial charge in [0.15, 0.2) is 0 Å². The molecule has 0 bridgehead atoms. The second-order valence-electron chi connectivity index (χ2n) is 6.50. The fourth-order valence-electron chi connectivity index (χ4n) is 3.30. The molecule has 2 unspecified atom stereocenters. The van der Waals surface area contributed by atoms with Gasteiger partial charge >= 0.3 is 5.97 Å². The molecule has 0 radical (unpaired) electrons. The van der Waals surface area contributed by atoms with Crippen LogP contribution in [0.2, 0.25) is 0 Å². The Morgan fingerprint density at radius 1 is 1.32 bits per heavy atom. The average Bonchev–Trinajstić information content (AvgIpc) is 3.03. The Balaban J connectivity index is 1.55. The molecule has 25 heavy (non-hydrogen) atoms. The predicted octanol–water partition coefficient (Wildman–Crippen LogP) is 1.47. The highest BCUT2D eigenvalue weighted by atomic mass is 16.4. The average molecular weight is 343 g/mol. The summed E-state index contributed by atoms with van der Waals surface area (Å²) in [7, 11) is 0. The first-order chi connectivity index (χ1) is 12.0. The minimum absolute atomic E-state index is 0.0976. The molecule has 7 heteroatoms. The van der Waals surface area contributed by atoms with E-state index in [-0.39, 0.29) is 24.3 Å². The van der Waals surface area contributed by atoms with E-state index in [1.54, 1.807) is 11.0 Å². The lowest BCUT2D eigenvalue weighted by atomic mass is 9.87. The van der Waals surface area contributed by atoms with Gasteiger partial charge in [0.2, 0.25) is 5.91 Å². The Morgan fingerprint density at radius 3 is 2.76 bits per heavy atom. The maximum atomic E-state index is 12.3. The lowest BCUT2D eigenvalue weighted by molar-refractivity contribution is -0.148. The number of nitrogens with one attached hydrogen (secondary N) is 2. The van der Waals surface area contributed by atoms with Crippen molar-refractivity contribution in [3.05, 3.63) is 36.0 Å². The molecule has 2 atom stereocenters. The third kappa shape index (κ3) is 3.65. The van der Waals surface area contributed by atoms with Crippen LogP contribution < -0.4 is 5.32 Å². The number of piperidine rings is 1. The number of aliphatic carboxylic acids is 1. The van der Waals surface area contributed by atoms with E-state index in [9.17, 15) is 14.4 Å². The molecule has 3 N–H and O–H groups in total. The number of benzene rings is 1. The van der Waals surface area contributed by atoms with Crippen LogP contribution >= 0.6 is 0 Å². The van der Waals surface area contributed by atoms with Gasteiger partial charge in [0.05, 0.1) is 12.5 Å². The van der Waals surface area contributed by atoms with Crippen molar-refractivity contribution in [3.8, 4) is 0 Å². The number of likely N-dealkylation sites (tertiary alicyclic amines) is 1. The number of para-hydroxylation sites is 1. The summed E-state index contributed by atoms with van der Waals surface area (Å²) in [5.41, 5.74) is 1.27. The molecule has 132 valence electrons. The maximum absolute atomic E-state index is 12.3. The number of hydrogen-bond donors (Lipinski definition) is 3. The van der Waals surface area contributed by atoms with Gasteiger partial charge in [-0.15, -0.1) is 0 Å². The highest BCUT2D eigenvalue weighted by molar-refractivity contribution is 5.99. The Labute approximate surface area is 145 Å². The van der Waals surface area contributed by atoms with Gasteiger partial charge in [-0.05, 0) is 24.5 Å². The number of carboxylic acid groups (broad SMARTS) is 1. The summed E-state index contributed by atoms with van der Waals surface area (Å²) in [4.78, 5) is 40.3. The van der Waals surface area contributed by atoms with Gasteiger partial charge in [-0.1, -0.05) is 25.1 Å². The van der Waals surface area contributed by atoms with Crippen LogP contribution in [0.25, 0.3) is 10.9 Å². The Morgan fingerprint density at radius 2 is 2.08 bits per heavy atom. The molecule has 1 fully saturated rings.